The number of carbonyl (C=O) groups is 5. The summed E-state index contributed by atoms with van der Waals surface area (Å²) < 4.78 is 4.91. The second-order valence-electron chi connectivity index (χ2n) is 8.26. The normalized spacial score (nSPS) is 18.9. The zero-order valence-electron chi connectivity index (χ0n) is 20.5. The minimum absolute atomic E-state index is 0.155. The molecule has 3 atom stereocenters. The molecule has 0 bridgehead atoms. The number of hydrogen-bond acceptors (Lipinski definition) is 11. The van der Waals surface area contributed by atoms with Crippen molar-refractivity contribution in [3.05, 3.63) is 63.2 Å². The molecule has 2 aromatic rings. The summed E-state index contributed by atoms with van der Waals surface area (Å²) in [6.45, 7) is 0.906. The maximum atomic E-state index is 13.4. The smallest absolute Gasteiger partial charge is 0.352 e. The van der Waals surface area contributed by atoms with Gasteiger partial charge in [0.05, 0.1) is 0 Å². The van der Waals surface area contributed by atoms with E-state index in [1.807, 2.05) is 0 Å². The Labute approximate surface area is 229 Å². The highest BCUT2D eigenvalue weighted by Crippen LogP contribution is 2.40. The summed E-state index contributed by atoms with van der Waals surface area (Å²) in [5.41, 5.74) is -1.02. The molecular formula is C23H22N6O8S2. The number of β-lactam (4-membered cyclic amide) rings is 1. The summed E-state index contributed by atoms with van der Waals surface area (Å²) in [7, 11) is 0. The van der Waals surface area contributed by atoms with Crippen molar-refractivity contribution in [3.63, 3.8) is 0 Å². The molecule has 2 aliphatic heterocycles. The Morgan fingerprint density at radius 3 is 2.56 bits per heavy atom. The number of aliphatic carboxylic acids is 1. The van der Waals surface area contributed by atoms with Gasteiger partial charge in [-0.15, -0.1) is 22.0 Å². The number of amides is 3. The molecule has 2 aliphatic rings. The lowest BCUT2D eigenvalue weighted by atomic mass is 10.0. The molecule has 0 radical (unpaired) electrons. The molecule has 4 N–H and O–H groups in total. The Kier molecular flexibility index (Phi) is 8.35. The molecule has 1 aromatic carbocycles. The van der Waals surface area contributed by atoms with E-state index in [1.54, 1.807) is 36.6 Å². The zero-order chi connectivity index (χ0) is 28.3. The number of rotatable bonds is 9. The molecule has 1 fully saturated rings. The fraction of sp³-hybridized carbons (Fsp3) is 0.304. The predicted octanol–water partition coefficient (Wildman–Crippen LogP) is -0.340. The Balaban J connectivity index is 1.54. The van der Waals surface area contributed by atoms with Gasteiger partial charge in [-0.05, 0) is 11.8 Å². The minimum Gasteiger partial charge on any atom is -0.477 e. The van der Waals surface area contributed by atoms with Crippen LogP contribution in [-0.4, -0.2) is 84.9 Å². The van der Waals surface area contributed by atoms with E-state index < -0.39 is 58.4 Å². The summed E-state index contributed by atoms with van der Waals surface area (Å²) in [5.74, 6) is -4.20. The van der Waals surface area contributed by atoms with Crippen LogP contribution in [0.5, 0.6) is 0 Å². The SMILES string of the molecule is CSc1nnc(C(=O)NC(C(=O)N[C@H]2C(=O)N3C(C(=O)O)=C(COC(C)=O)CS[C@H]23)c2ccccc2)c(=O)[nH]1. The molecule has 16 heteroatoms. The average molecular weight is 575 g/mol. The third kappa shape index (κ3) is 5.80. The number of H-pyrrole nitrogens is 1. The molecule has 39 heavy (non-hydrogen) atoms. The number of ether oxygens (including phenoxy) is 1. The quantitative estimate of drug-likeness (QED) is 0.173. The van der Waals surface area contributed by atoms with Gasteiger partial charge in [-0.1, -0.05) is 42.1 Å². The Bertz CT molecular complexity index is 1430. The molecule has 1 aromatic heterocycles. The molecule has 0 saturated carbocycles. The van der Waals surface area contributed by atoms with Gasteiger partial charge < -0.3 is 20.5 Å². The highest BCUT2D eigenvalue weighted by atomic mass is 32.2. The van der Waals surface area contributed by atoms with Crippen molar-refractivity contribution in [3.8, 4) is 0 Å². The lowest BCUT2D eigenvalue weighted by Crippen LogP contribution is -2.71. The van der Waals surface area contributed by atoms with Crippen LogP contribution in [0.3, 0.4) is 0 Å². The number of carbonyl (C=O) groups excluding carboxylic acids is 4. The lowest BCUT2D eigenvalue weighted by molar-refractivity contribution is -0.151. The number of aromatic amines is 1. The van der Waals surface area contributed by atoms with Crippen LogP contribution in [0.15, 0.2) is 51.6 Å². The molecular weight excluding hydrogens is 552 g/mol. The molecule has 3 amide bonds. The van der Waals surface area contributed by atoms with E-state index >= 15 is 0 Å². The largest absolute Gasteiger partial charge is 0.477 e. The number of carboxylic acid groups (broad SMARTS) is 1. The topological polar surface area (TPSA) is 201 Å². The molecule has 0 aliphatic carbocycles. The molecule has 4 rings (SSSR count). The fourth-order valence-corrected chi connectivity index (χ4v) is 5.57. The van der Waals surface area contributed by atoms with Gasteiger partial charge in [0.1, 0.15) is 29.8 Å². The van der Waals surface area contributed by atoms with Crippen molar-refractivity contribution in [1.82, 2.24) is 30.7 Å². The van der Waals surface area contributed by atoms with Crippen LogP contribution in [-0.2, 0) is 23.9 Å². The van der Waals surface area contributed by atoms with E-state index in [0.717, 1.165) is 16.7 Å². The highest BCUT2D eigenvalue weighted by molar-refractivity contribution is 8.00. The van der Waals surface area contributed by atoms with Crippen molar-refractivity contribution in [2.24, 2.45) is 0 Å². The number of nitrogens with one attached hydrogen (secondary N) is 3. The predicted molar refractivity (Wildman–Crippen MR) is 137 cm³/mol. The minimum atomic E-state index is -1.37. The van der Waals surface area contributed by atoms with E-state index in [0.29, 0.717) is 5.56 Å². The van der Waals surface area contributed by atoms with Gasteiger partial charge >= 0.3 is 11.9 Å². The number of hydrogen-bond donors (Lipinski definition) is 4. The first-order valence-corrected chi connectivity index (χ1v) is 13.6. The van der Waals surface area contributed by atoms with Crippen molar-refractivity contribution < 1.29 is 33.8 Å². The van der Waals surface area contributed by atoms with Crippen molar-refractivity contribution in [2.45, 2.75) is 29.5 Å². The number of carboxylic acids is 1. The van der Waals surface area contributed by atoms with Crippen LogP contribution in [0.2, 0.25) is 0 Å². The summed E-state index contributed by atoms with van der Waals surface area (Å²) >= 11 is 2.32. The zero-order valence-corrected chi connectivity index (χ0v) is 22.1. The van der Waals surface area contributed by atoms with Crippen LogP contribution >= 0.6 is 23.5 Å². The van der Waals surface area contributed by atoms with Gasteiger partial charge in [-0.2, -0.15) is 0 Å². The Morgan fingerprint density at radius 1 is 1.23 bits per heavy atom. The number of benzene rings is 1. The molecule has 204 valence electrons. The second kappa shape index (κ2) is 11.7. The first kappa shape index (κ1) is 27.8. The maximum absolute atomic E-state index is 13.4. The monoisotopic (exact) mass is 574 g/mol. The first-order valence-electron chi connectivity index (χ1n) is 11.3. The molecule has 14 nitrogen and oxygen atoms in total. The molecule has 1 saturated heterocycles. The summed E-state index contributed by atoms with van der Waals surface area (Å²) in [6, 6.07) is 5.75. The molecule has 0 spiro atoms. The van der Waals surface area contributed by atoms with E-state index in [4.69, 9.17) is 4.74 Å². The number of fused-ring (bicyclic) bond motifs is 1. The van der Waals surface area contributed by atoms with E-state index in [-0.39, 0.29) is 28.8 Å². The fourth-order valence-electron chi connectivity index (χ4n) is 3.93. The Hall–Kier alpha value is -4.18. The van der Waals surface area contributed by atoms with E-state index in [9.17, 15) is 33.9 Å². The van der Waals surface area contributed by atoms with Crippen molar-refractivity contribution >= 4 is 53.2 Å². The average Bonchev–Trinajstić information content (AvgIpc) is 2.92. The number of esters is 1. The first-order chi connectivity index (χ1) is 18.6. The summed E-state index contributed by atoms with van der Waals surface area (Å²) in [4.78, 5) is 78.0. The van der Waals surface area contributed by atoms with Crippen LogP contribution < -0.4 is 16.2 Å². The number of nitrogens with zero attached hydrogens (tertiary/aromatic N) is 3. The molecule has 1 unspecified atom stereocenters. The third-order valence-corrected chi connectivity index (χ3v) is 7.66. The highest BCUT2D eigenvalue weighted by Gasteiger charge is 2.54. The van der Waals surface area contributed by atoms with E-state index in [1.165, 1.54) is 18.7 Å². The summed E-state index contributed by atoms with van der Waals surface area (Å²) in [5, 5.41) is 21.6. The third-order valence-electron chi connectivity index (χ3n) is 5.75. The maximum Gasteiger partial charge on any atom is 0.352 e. The number of thioether (sulfide) groups is 2. The van der Waals surface area contributed by atoms with Gasteiger partial charge in [0, 0.05) is 18.2 Å². The van der Waals surface area contributed by atoms with Crippen molar-refractivity contribution in [1.29, 1.82) is 0 Å². The summed E-state index contributed by atoms with van der Waals surface area (Å²) in [6.07, 6.45) is 1.67. The lowest BCUT2D eigenvalue weighted by Gasteiger charge is -2.49. The van der Waals surface area contributed by atoms with Gasteiger partial charge in [0.25, 0.3) is 17.4 Å². The Morgan fingerprint density at radius 2 is 1.95 bits per heavy atom. The van der Waals surface area contributed by atoms with Crippen LogP contribution in [0.4, 0.5) is 0 Å². The van der Waals surface area contributed by atoms with Crippen LogP contribution in [0.1, 0.15) is 29.0 Å². The molecule has 3 heterocycles. The van der Waals surface area contributed by atoms with Crippen LogP contribution in [0.25, 0.3) is 0 Å². The van der Waals surface area contributed by atoms with E-state index in [2.05, 4.69) is 25.8 Å². The standard InChI is InChI=1S/C23H22N6O8S2/c1-10(30)37-8-12-9-39-21-15(20(34)29(21)16(12)22(35)36)25-17(31)13(11-6-4-3-5-7-11)24-18(32)14-19(33)26-23(38-2)28-27-14/h3-7,13,15,21H,8-9H2,1-2H3,(H,24,32)(H,25,31)(H,35,36)(H,26,28,33)/t13?,15-,21+/m0/s1. The van der Waals surface area contributed by atoms with Gasteiger partial charge in [-0.3, -0.25) is 33.9 Å². The number of aromatic nitrogens is 3. The van der Waals surface area contributed by atoms with Gasteiger partial charge in [-0.25, -0.2) is 4.79 Å². The second-order valence-corrected chi connectivity index (χ2v) is 10.2. The van der Waals surface area contributed by atoms with Gasteiger partial charge in [0.2, 0.25) is 11.6 Å². The van der Waals surface area contributed by atoms with Crippen LogP contribution in [0, 0.1) is 0 Å². The van der Waals surface area contributed by atoms with Crippen molar-refractivity contribution in [2.75, 3.05) is 18.6 Å². The van der Waals surface area contributed by atoms with Gasteiger partial charge in [0.15, 0.2) is 5.16 Å².